The fourth-order valence-corrected chi connectivity index (χ4v) is 3.46. The van der Waals surface area contributed by atoms with Gasteiger partial charge in [0.05, 0.1) is 18.6 Å². The lowest BCUT2D eigenvalue weighted by Crippen LogP contribution is -2.41. The predicted octanol–water partition coefficient (Wildman–Crippen LogP) is 3.08. The van der Waals surface area contributed by atoms with Crippen molar-refractivity contribution in [2.75, 3.05) is 6.61 Å². The molecule has 0 atom stereocenters. The molecule has 7 nitrogen and oxygen atoms in total. The Labute approximate surface area is 173 Å². The molecule has 0 saturated carbocycles. The van der Waals surface area contributed by atoms with E-state index in [1.54, 1.807) is 10.9 Å². The number of rotatable bonds is 7. The van der Waals surface area contributed by atoms with E-state index in [0.717, 1.165) is 5.75 Å². The second-order valence-corrected chi connectivity index (χ2v) is 7.53. The lowest BCUT2D eigenvalue weighted by atomic mass is 10.2. The van der Waals surface area contributed by atoms with Crippen LogP contribution in [0.5, 0.6) is 5.75 Å². The predicted molar refractivity (Wildman–Crippen MR) is 116 cm³/mol. The Bertz CT molecular complexity index is 1250. The Hall–Kier alpha value is -3.61. The van der Waals surface area contributed by atoms with E-state index in [4.69, 9.17) is 4.74 Å². The molecule has 7 heteroatoms. The lowest BCUT2D eigenvalue weighted by molar-refractivity contribution is 0.300. The second kappa shape index (κ2) is 8.41. The largest absolute Gasteiger partial charge is 0.492 e. The Morgan fingerprint density at radius 2 is 1.63 bits per heavy atom. The molecule has 0 unspecified atom stereocenters. The zero-order valence-corrected chi connectivity index (χ0v) is 17.1. The van der Waals surface area contributed by atoms with Crippen LogP contribution in [0.15, 0.2) is 76.6 Å². The summed E-state index contributed by atoms with van der Waals surface area (Å²) in [5.41, 5.74) is 0.730. The molecule has 4 rings (SSSR count). The van der Waals surface area contributed by atoms with Gasteiger partial charge in [-0.2, -0.15) is 0 Å². The maximum Gasteiger partial charge on any atom is 0.337 e. The molecule has 0 aliphatic carbocycles. The molecule has 30 heavy (non-hydrogen) atoms. The SMILES string of the molecule is CC(C)Cn1c(=O)c2c(ncn2CCOc2ccccc2)n(-c2ccccc2)c1=O. The van der Waals surface area contributed by atoms with Gasteiger partial charge in [0.25, 0.3) is 5.56 Å². The summed E-state index contributed by atoms with van der Waals surface area (Å²) in [7, 11) is 0. The van der Waals surface area contributed by atoms with Gasteiger partial charge in [-0.15, -0.1) is 0 Å². The molecule has 2 heterocycles. The van der Waals surface area contributed by atoms with Gasteiger partial charge in [0.2, 0.25) is 0 Å². The first-order valence-electron chi connectivity index (χ1n) is 10.00. The molecule has 2 aromatic heterocycles. The van der Waals surface area contributed by atoms with Crippen LogP contribution < -0.4 is 16.0 Å². The summed E-state index contributed by atoms with van der Waals surface area (Å²) in [6.07, 6.45) is 1.60. The van der Waals surface area contributed by atoms with E-state index in [9.17, 15) is 9.59 Å². The average molecular weight is 404 g/mol. The van der Waals surface area contributed by atoms with Gasteiger partial charge >= 0.3 is 5.69 Å². The fraction of sp³-hybridized carbons (Fsp3) is 0.261. The third kappa shape index (κ3) is 3.78. The van der Waals surface area contributed by atoms with Gasteiger partial charge in [-0.3, -0.25) is 9.36 Å². The van der Waals surface area contributed by atoms with Crippen LogP contribution in [-0.4, -0.2) is 25.3 Å². The molecule has 0 saturated heterocycles. The summed E-state index contributed by atoms with van der Waals surface area (Å²) < 4.78 is 10.3. The normalized spacial score (nSPS) is 11.3. The van der Waals surface area contributed by atoms with Gasteiger partial charge in [0.15, 0.2) is 11.2 Å². The highest BCUT2D eigenvalue weighted by atomic mass is 16.5. The summed E-state index contributed by atoms with van der Waals surface area (Å²) in [4.78, 5) is 30.9. The highest BCUT2D eigenvalue weighted by Gasteiger charge is 2.19. The molecule has 0 fully saturated rings. The van der Waals surface area contributed by atoms with Crippen molar-refractivity contribution in [2.24, 2.45) is 5.92 Å². The van der Waals surface area contributed by atoms with Gasteiger partial charge in [-0.05, 0) is 30.2 Å². The zero-order chi connectivity index (χ0) is 21.1. The Kier molecular flexibility index (Phi) is 5.52. The quantitative estimate of drug-likeness (QED) is 0.475. The van der Waals surface area contributed by atoms with Crippen LogP contribution in [0, 0.1) is 5.92 Å². The van der Waals surface area contributed by atoms with Gasteiger partial charge in [0, 0.05) is 6.54 Å². The number of para-hydroxylation sites is 2. The van der Waals surface area contributed by atoms with Crippen LogP contribution in [0.4, 0.5) is 0 Å². The number of fused-ring (bicyclic) bond motifs is 1. The number of hydrogen-bond donors (Lipinski definition) is 0. The standard InChI is InChI=1S/C23H24N4O3/c1-17(2)15-26-22(28)20-21(27(23(26)29)18-9-5-3-6-10-18)24-16-25(20)13-14-30-19-11-7-4-8-12-19/h3-12,16-17H,13-15H2,1-2H3. The van der Waals surface area contributed by atoms with E-state index in [2.05, 4.69) is 4.98 Å². The zero-order valence-electron chi connectivity index (χ0n) is 17.1. The van der Waals surface area contributed by atoms with Crippen LogP contribution in [0.25, 0.3) is 16.9 Å². The molecule has 0 bridgehead atoms. The molecule has 154 valence electrons. The molecular formula is C23H24N4O3. The Balaban J connectivity index is 1.80. The van der Waals surface area contributed by atoms with Crippen molar-refractivity contribution in [1.29, 1.82) is 0 Å². The minimum atomic E-state index is -0.377. The van der Waals surface area contributed by atoms with E-state index >= 15 is 0 Å². The van der Waals surface area contributed by atoms with Gasteiger partial charge in [-0.1, -0.05) is 50.2 Å². The molecular weight excluding hydrogens is 380 g/mol. The van der Waals surface area contributed by atoms with Crippen molar-refractivity contribution < 1.29 is 4.74 Å². The van der Waals surface area contributed by atoms with E-state index in [0.29, 0.717) is 36.5 Å². The smallest absolute Gasteiger partial charge is 0.337 e. The maximum atomic E-state index is 13.2. The number of benzene rings is 2. The first kappa shape index (κ1) is 19.7. The van der Waals surface area contributed by atoms with Crippen LogP contribution in [0.2, 0.25) is 0 Å². The van der Waals surface area contributed by atoms with E-state index in [-0.39, 0.29) is 17.2 Å². The Morgan fingerprint density at radius 1 is 0.967 bits per heavy atom. The first-order chi connectivity index (χ1) is 14.6. The number of hydrogen-bond acceptors (Lipinski definition) is 4. The average Bonchev–Trinajstić information content (AvgIpc) is 3.16. The maximum absolute atomic E-state index is 13.2. The van der Waals surface area contributed by atoms with Crippen LogP contribution in [-0.2, 0) is 13.1 Å². The molecule has 0 N–H and O–H groups in total. The Morgan fingerprint density at radius 3 is 2.30 bits per heavy atom. The van der Waals surface area contributed by atoms with Crippen LogP contribution >= 0.6 is 0 Å². The monoisotopic (exact) mass is 404 g/mol. The van der Waals surface area contributed by atoms with Crippen LogP contribution in [0.3, 0.4) is 0 Å². The molecule has 2 aromatic carbocycles. The van der Waals surface area contributed by atoms with Crippen LogP contribution in [0.1, 0.15) is 13.8 Å². The molecule has 0 spiro atoms. The highest BCUT2D eigenvalue weighted by Crippen LogP contribution is 2.14. The topological polar surface area (TPSA) is 71.0 Å². The number of imidazole rings is 1. The van der Waals surface area contributed by atoms with Crippen molar-refractivity contribution in [3.05, 3.63) is 87.8 Å². The summed E-state index contributed by atoms with van der Waals surface area (Å²) in [5, 5.41) is 0. The minimum absolute atomic E-state index is 0.148. The van der Waals surface area contributed by atoms with Crippen molar-refractivity contribution in [3.8, 4) is 11.4 Å². The summed E-state index contributed by atoms with van der Waals surface area (Å²) >= 11 is 0. The van der Waals surface area contributed by atoms with E-state index in [1.165, 1.54) is 9.13 Å². The van der Waals surface area contributed by atoms with Crippen molar-refractivity contribution in [2.45, 2.75) is 26.9 Å². The third-order valence-electron chi connectivity index (χ3n) is 4.81. The van der Waals surface area contributed by atoms with E-state index < -0.39 is 0 Å². The number of nitrogens with zero attached hydrogens (tertiary/aromatic N) is 4. The van der Waals surface area contributed by atoms with Gasteiger partial charge in [-0.25, -0.2) is 14.3 Å². The lowest BCUT2D eigenvalue weighted by Gasteiger charge is -2.14. The third-order valence-corrected chi connectivity index (χ3v) is 4.81. The highest BCUT2D eigenvalue weighted by molar-refractivity contribution is 5.72. The van der Waals surface area contributed by atoms with Gasteiger partial charge in [0.1, 0.15) is 12.4 Å². The number of ether oxygens (including phenoxy) is 1. The molecule has 0 aliphatic heterocycles. The van der Waals surface area contributed by atoms with Gasteiger partial charge < -0.3 is 9.30 Å². The summed E-state index contributed by atoms with van der Waals surface area (Å²) in [5.74, 6) is 0.912. The molecule has 4 aromatic rings. The molecule has 0 aliphatic rings. The molecule has 0 amide bonds. The van der Waals surface area contributed by atoms with Crippen molar-refractivity contribution >= 4 is 11.2 Å². The van der Waals surface area contributed by atoms with Crippen molar-refractivity contribution in [3.63, 3.8) is 0 Å². The van der Waals surface area contributed by atoms with Crippen molar-refractivity contribution in [1.82, 2.24) is 18.7 Å². The first-order valence-corrected chi connectivity index (χ1v) is 10.00. The number of aromatic nitrogens is 4. The summed E-state index contributed by atoms with van der Waals surface area (Å²) in [6, 6.07) is 18.8. The van der Waals surface area contributed by atoms with E-state index in [1.807, 2.05) is 74.5 Å². The fourth-order valence-electron chi connectivity index (χ4n) is 3.46. The molecule has 0 radical (unpaired) electrons. The second-order valence-electron chi connectivity index (χ2n) is 7.53. The summed E-state index contributed by atoms with van der Waals surface area (Å²) in [6.45, 7) is 5.12. The minimum Gasteiger partial charge on any atom is -0.492 e.